The molecule has 0 aromatic carbocycles. The second kappa shape index (κ2) is 4.91. The molecule has 0 atom stereocenters. The molecule has 0 saturated heterocycles. The smallest absolute Gasteiger partial charge is 0.248 e. The van der Waals surface area contributed by atoms with Crippen molar-refractivity contribution in [1.29, 1.82) is 0 Å². The summed E-state index contributed by atoms with van der Waals surface area (Å²) in [6.45, 7) is 8.11. The second-order valence-corrected chi connectivity index (χ2v) is 2.03. The Bertz CT molecular complexity index is 240. The van der Waals surface area contributed by atoms with Crippen LogP contribution in [0.4, 0.5) is 0 Å². The van der Waals surface area contributed by atoms with Crippen LogP contribution in [0.3, 0.4) is 0 Å². The van der Waals surface area contributed by atoms with Crippen LogP contribution in [0.2, 0.25) is 0 Å². The van der Waals surface area contributed by atoms with Gasteiger partial charge in [-0.15, -0.1) is 0 Å². The van der Waals surface area contributed by atoms with Gasteiger partial charge in [0.25, 0.3) is 0 Å². The van der Waals surface area contributed by atoms with Gasteiger partial charge in [-0.3, -0.25) is 0 Å². The van der Waals surface area contributed by atoms with E-state index in [-0.39, 0.29) is 17.0 Å². The van der Waals surface area contributed by atoms with Gasteiger partial charge in [0.05, 0.1) is 6.20 Å². The van der Waals surface area contributed by atoms with Crippen molar-refractivity contribution in [3.05, 3.63) is 38.0 Å². The number of hydrogen-bond acceptors (Lipinski definition) is 0. The van der Waals surface area contributed by atoms with Crippen LogP contribution in [0.25, 0.3) is 6.20 Å². The molecular formula is C8H11BrN2. The van der Waals surface area contributed by atoms with Crippen molar-refractivity contribution >= 4 is 6.20 Å². The normalized spacial score (nSPS) is 8.36. The lowest BCUT2D eigenvalue weighted by atomic mass is 10.6. The quantitative estimate of drug-likeness (QED) is 0.410. The summed E-state index contributed by atoms with van der Waals surface area (Å²) in [5.74, 6) is 0. The van der Waals surface area contributed by atoms with Gasteiger partial charge in [-0.1, -0.05) is 19.2 Å². The standard InChI is InChI=1S/C8H11N2.BrH/c1-3-5-10-7-6-9(4-2)8-10;/h3-4,6-8H,1-2,5H2;1H/q+1;/p-1. The van der Waals surface area contributed by atoms with E-state index in [9.17, 15) is 0 Å². The van der Waals surface area contributed by atoms with E-state index in [4.69, 9.17) is 0 Å². The van der Waals surface area contributed by atoms with Gasteiger partial charge in [0.15, 0.2) is 0 Å². The topological polar surface area (TPSA) is 8.81 Å². The van der Waals surface area contributed by atoms with Crippen LogP contribution in [-0.4, -0.2) is 4.57 Å². The van der Waals surface area contributed by atoms with Crippen LogP contribution in [0.1, 0.15) is 0 Å². The number of nitrogens with zero attached hydrogens (tertiary/aromatic N) is 2. The van der Waals surface area contributed by atoms with Crippen molar-refractivity contribution in [1.82, 2.24) is 4.57 Å². The number of hydrogen-bond donors (Lipinski definition) is 0. The van der Waals surface area contributed by atoms with Gasteiger partial charge < -0.3 is 17.0 Å². The molecule has 0 spiro atoms. The van der Waals surface area contributed by atoms with E-state index in [0.29, 0.717) is 0 Å². The lowest BCUT2D eigenvalue weighted by molar-refractivity contribution is -0.686. The molecule has 0 aliphatic rings. The third-order valence-electron chi connectivity index (χ3n) is 1.26. The van der Waals surface area contributed by atoms with E-state index in [1.165, 1.54) is 0 Å². The molecule has 0 bridgehead atoms. The highest BCUT2D eigenvalue weighted by Crippen LogP contribution is 1.82. The van der Waals surface area contributed by atoms with E-state index in [1.807, 2.05) is 33.9 Å². The van der Waals surface area contributed by atoms with Gasteiger partial charge in [0, 0.05) is 0 Å². The predicted octanol–water partition coefficient (Wildman–Crippen LogP) is -1.93. The summed E-state index contributed by atoms with van der Waals surface area (Å²) in [6.07, 6.45) is 9.47. The van der Waals surface area contributed by atoms with Gasteiger partial charge in [0.1, 0.15) is 18.9 Å². The van der Waals surface area contributed by atoms with Crippen LogP contribution in [0.5, 0.6) is 0 Å². The van der Waals surface area contributed by atoms with Crippen LogP contribution in [0, 0.1) is 0 Å². The van der Waals surface area contributed by atoms with Crippen molar-refractivity contribution in [2.75, 3.05) is 0 Å². The number of imidazole rings is 1. The van der Waals surface area contributed by atoms with Crippen molar-refractivity contribution in [3.63, 3.8) is 0 Å². The Kier molecular flexibility index (Phi) is 4.54. The minimum Gasteiger partial charge on any atom is -1.00 e. The fourth-order valence-corrected chi connectivity index (χ4v) is 0.776. The fraction of sp³-hybridized carbons (Fsp3) is 0.125. The maximum Gasteiger partial charge on any atom is 0.248 e. The zero-order valence-corrected chi connectivity index (χ0v) is 7.87. The van der Waals surface area contributed by atoms with Crippen molar-refractivity contribution in [2.24, 2.45) is 0 Å². The molecule has 0 fully saturated rings. The average Bonchev–Trinajstić information content (AvgIpc) is 2.37. The first-order chi connectivity index (χ1) is 4.86. The number of allylic oxidation sites excluding steroid dienone is 1. The summed E-state index contributed by atoms with van der Waals surface area (Å²) >= 11 is 0. The minimum atomic E-state index is 0. The molecule has 0 aliphatic carbocycles. The monoisotopic (exact) mass is 214 g/mol. The summed E-state index contributed by atoms with van der Waals surface area (Å²) < 4.78 is 3.91. The summed E-state index contributed by atoms with van der Waals surface area (Å²) in [5.41, 5.74) is 0. The molecule has 0 amide bonds. The third kappa shape index (κ3) is 2.72. The molecule has 0 aliphatic heterocycles. The predicted molar refractivity (Wildman–Crippen MR) is 41.2 cm³/mol. The molecule has 2 nitrogen and oxygen atoms in total. The SMILES string of the molecule is C=CC[n+]1ccn(C=C)c1.[Br-]. The van der Waals surface area contributed by atoms with Gasteiger partial charge in [-0.2, -0.15) is 0 Å². The molecule has 11 heavy (non-hydrogen) atoms. The second-order valence-electron chi connectivity index (χ2n) is 2.03. The van der Waals surface area contributed by atoms with E-state index in [2.05, 4.69) is 13.2 Å². The Morgan fingerprint density at radius 3 is 2.64 bits per heavy atom. The summed E-state index contributed by atoms with van der Waals surface area (Å²) in [4.78, 5) is 0. The number of halogens is 1. The third-order valence-corrected chi connectivity index (χ3v) is 1.26. The largest absolute Gasteiger partial charge is 1.00 e. The minimum absolute atomic E-state index is 0. The Labute approximate surface area is 77.2 Å². The first-order valence-corrected chi connectivity index (χ1v) is 3.17. The highest BCUT2D eigenvalue weighted by Gasteiger charge is 1.95. The molecule has 1 rings (SSSR count). The molecule has 0 saturated carbocycles. The molecule has 60 valence electrons. The Morgan fingerprint density at radius 2 is 2.18 bits per heavy atom. The lowest BCUT2D eigenvalue weighted by Crippen LogP contribution is -3.00. The van der Waals surface area contributed by atoms with E-state index >= 15 is 0 Å². The Balaban J connectivity index is 0.000001000. The average molecular weight is 215 g/mol. The van der Waals surface area contributed by atoms with Crippen molar-refractivity contribution in [3.8, 4) is 0 Å². The summed E-state index contributed by atoms with van der Waals surface area (Å²) in [7, 11) is 0. The van der Waals surface area contributed by atoms with Crippen molar-refractivity contribution < 1.29 is 21.5 Å². The maximum absolute atomic E-state index is 3.64. The van der Waals surface area contributed by atoms with E-state index in [0.717, 1.165) is 6.54 Å². The van der Waals surface area contributed by atoms with Crippen molar-refractivity contribution in [2.45, 2.75) is 6.54 Å². The molecule has 0 unspecified atom stereocenters. The van der Waals surface area contributed by atoms with Gasteiger partial charge in [-0.25, -0.2) is 9.13 Å². The molecule has 1 aromatic heterocycles. The van der Waals surface area contributed by atoms with E-state index in [1.54, 1.807) is 6.20 Å². The Morgan fingerprint density at radius 1 is 1.45 bits per heavy atom. The van der Waals surface area contributed by atoms with Gasteiger partial charge in [-0.05, 0) is 0 Å². The number of rotatable bonds is 3. The highest BCUT2D eigenvalue weighted by molar-refractivity contribution is 5.13. The zero-order chi connectivity index (χ0) is 7.40. The fourth-order valence-electron chi connectivity index (χ4n) is 0.776. The van der Waals surface area contributed by atoms with Crippen LogP contribution < -0.4 is 21.5 Å². The van der Waals surface area contributed by atoms with Gasteiger partial charge >= 0.3 is 0 Å². The molecular weight excluding hydrogens is 204 g/mol. The zero-order valence-electron chi connectivity index (χ0n) is 6.28. The first kappa shape index (κ1) is 10.2. The molecule has 0 radical (unpaired) electrons. The highest BCUT2D eigenvalue weighted by atomic mass is 79.9. The molecule has 0 N–H and O–H groups in total. The first-order valence-electron chi connectivity index (χ1n) is 3.17. The summed E-state index contributed by atoms with van der Waals surface area (Å²) in [6, 6.07) is 0. The number of aromatic nitrogens is 2. The molecule has 1 heterocycles. The van der Waals surface area contributed by atoms with Gasteiger partial charge in [0.2, 0.25) is 6.33 Å². The molecule has 1 aromatic rings. The Hall–Kier alpha value is -0.830. The lowest BCUT2D eigenvalue weighted by Gasteiger charge is -1.83. The maximum atomic E-state index is 3.64. The summed E-state index contributed by atoms with van der Waals surface area (Å²) in [5, 5.41) is 0. The van der Waals surface area contributed by atoms with Crippen LogP contribution >= 0.6 is 0 Å². The van der Waals surface area contributed by atoms with Crippen LogP contribution in [0.15, 0.2) is 38.0 Å². The van der Waals surface area contributed by atoms with E-state index < -0.39 is 0 Å². The van der Waals surface area contributed by atoms with Crippen LogP contribution in [-0.2, 0) is 6.54 Å². The molecule has 3 heteroatoms.